The first kappa shape index (κ1) is 14.0. The summed E-state index contributed by atoms with van der Waals surface area (Å²) in [6.45, 7) is 6.31. The minimum Gasteiger partial charge on any atom is -0.293 e. The van der Waals surface area contributed by atoms with Crippen molar-refractivity contribution >= 4 is 28.7 Å². The summed E-state index contributed by atoms with van der Waals surface area (Å²) >= 11 is 6.78. The summed E-state index contributed by atoms with van der Waals surface area (Å²) in [4.78, 5) is 17.6. The third kappa shape index (κ3) is 1.80. The van der Waals surface area contributed by atoms with E-state index in [2.05, 4.69) is 26.8 Å². The number of halogens is 1. The summed E-state index contributed by atoms with van der Waals surface area (Å²) in [5.74, 6) is 0.0939. The minimum absolute atomic E-state index is 0.0555. The predicted molar refractivity (Wildman–Crippen MR) is 90.4 cm³/mol. The molecule has 4 rings (SSSR count). The summed E-state index contributed by atoms with van der Waals surface area (Å²) in [7, 11) is 0. The second kappa shape index (κ2) is 4.42. The number of fused-ring (bicyclic) bond motifs is 4. The molecule has 2 aliphatic carbocycles. The van der Waals surface area contributed by atoms with Gasteiger partial charge in [0.25, 0.3) is 0 Å². The van der Waals surface area contributed by atoms with E-state index in [1.165, 1.54) is 5.57 Å². The second-order valence-corrected chi connectivity index (χ2v) is 7.41. The molecule has 22 heavy (non-hydrogen) atoms. The molecule has 2 atom stereocenters. The number of Topliss-reactive ketones (excluding diaryl/α,β-unsaturated/α-hetero) is 1. The number of carbonyl (C=O) groups excluding carboxylic acids is 1. The predicted octanol–water partition coefficient (Wildman–Crippen LogP) is 4.65. The summed E-state index contributed by atoms with van der Waals surface area (Å²) in [6.07, 6.45) is 2.88. The highest BCUT2D eigenvalue weighted by atomic mass is 35.5. The second-order valence-electron chi connectivity index (χ2n) is 7.01. The van der Waals surface area contributed by atoms with Crippen LogP contribution < -0.4 is 0 Å². The highest BCUT2D eigenvalue weighted by Crippen LogP contribution is 2.50. The Morgan fingerprint density at radius 1 is 1.23 bits per heavy atom. The molecule has 2 unspecified atom stereocenters. The average molecular weight is 312 g/mol. The highest BCUT2D eigenvalue weighted by Gasteiger charge is 2.45. The molecule has 112 valence electrons. The fourth-order valence-corrected chi connectivity index (χ4v) is 4.71. The Morgan fingerprint density at radius 3 is 2.64 bits per heavy atom. The van der Waals surface area contributed by atoms with Gasteiger partial charge >= 0.3 is 0 Å². The Morgan fingerprint density at radius 2 is 1.91 bits per heavy atom. The van der Waals surface area contributed by atoms with Crippen LogP contribution in [-0.4, -0.2) is 17.0 Å². The largest absolute Gasteiger partial charge is 0.293 e. The Balaban J connectivity index is 1.94. The number of allylic oxidation sites excluding steroid dienone is 3. The maximum atomic E-state index is 12.7. The minimum atomic E-state index is -0.209. The van der Waals surface area contributed by atoms with Crippen molar-refractivity contribution in [2.75, 3.05) is 0 Å². The van der Waals surface area contributed by atoms with E-state index in [9.17, 15) is 4.79 Å². The average Bonchev–Trinajstić information content (AvgIpc) is 2.71. The van der Waals surface area contributed by atoms with Crippen LogP contribution in [0.15, 0.2) is 45.9 Å². The van der Waals surface area contributed by atoms with Gasteiger partial charge in [-0.1, -0.05) is 47.5 Å². The van der Waals surface area contributed by atoms with Gasteiger partial charge in [0.05, 0.1) is 17.4 Å². The van der Waals surface area contributed by atoms with Gasteiger partial charge in [0.2, 0.25) is 0 Å². The number of carbonyl (C=O) groups is 1. The normalized spacial score (nSPS) is 28.6. The van der Waals surface area contributed by atoms with Crippen LogP contribution in [0.4, 0.5) is 0 Å². The Labute approximate surface area is 135 Å². The first-order chi connectivity index (χ1) is 10.4. The van der Waals surface area contributed by atoms with Gasteiger partial charge in [-0.2, -0.15) is 0 Å². The van der Waals surface area contributed by atoms with Crippen molar-refractivity contribution in [1.29, 1.82) is 0 Å². The van der Waals surface area contributed by atoms with Gasteiger partial charge in [0.15, 0.2) is 5.78 Å². The van der Waals surface area contributed by atoms with E-state index in [0.29, 0.717) is 6.42 Å². The maximum Gasteiger partial charge on any atom is 0.171 e. The zero-order valence-electron chi connectivity index (χ0n) is 13.0. The van der Waals surface area contributed by atoms with Gasteiger partial charge in [-0.05, 0) is 31.9 Å². The Hall–Kier alpha value is -1.67. The molecule has 3 aliphatic rings. The number of nitrogens with zero attached hydrogens (tertiary/aromatic N) is 1. The van der Waals surface area contributed by atoms with Crippen LogP contribution in [0.1, 0.15) is 43.1 Å². The van der Waals surface area contributed by atoms with E-state index < -0.39 is 0 Å². The molecule has 0 amide bonds. The van der Waals surface area contributed by atoms with E-state index >= 15 is 0 Å². The van der Waals surface area contributed by atoms with Crippen LogP contribution in [-0.2, 0) is 0 Å². The maximum absolute atomic E-state index is 12.7. The van der Waals surface area contributed by atoms with Crippen LogP contribution >= 0.6 is 11.6 Å². The van der Waals surface area contributed by atoms with Gasteiger partial charge in [-0.25, -0.2) is 0 Å². The van der Waals surface area contributed by atoms with Crippen molar-refractivity contribution in [3.05, 3.63) is 52.1 Å². The lowest BCUT2D eigenvalue weighted by Gasteiger charge is -2.36. The summed E-state index contributed by atoms with van der Waals surface area (Å²) in [5, 5.41) is 0.789. The molecule has 3 heteroatoms. The molecule has 0 aromatic heterocycles. The fourth-order valence-electron chi connectivity index (χ4n) is 4.17. The van der Waals surface area contributed by atoms with E-state index in [1.54, 1.807) is 0 Å². The Kier molecular flexibility index (Phi) is 2.80. The molecule has 1 aromatic carbocycles. The molecule has 0 saturated heterocycles. The van der Waals surface area contributed by atoms with Gasteiger partial charge in [-0.15, -0.1) is 0 Å². The van der Waals surface area contributed by atoms with Crippen LogP contribution in [0.2, 0.25) is 0 Å². The number of rotatable bonds is 0. The van der Waals surface area contributed by atoms with E-state index in [4.69, 9.17) is 16.6 Å². The fraction of sp³-hybridized carbons (Fsp3) is 0.368. The molecule has 0 fully saturated rings. The molecular formula is C19H18ClNO. The number of dihydropyridines is 1. The zero-order valence-corrected chi connectivity index (χ0v) is 13.7. The van der Waals surface area contributed by atoms with Crippen molar-refractivity contribution < 1.29 is 4.79 Å². The van der Waals surface area contributed by atoms with Crippen LogP contribution in [0, 0.1) is 11.8 Å². The van der Waals surface area contributed by atoms with Gasteiger partial charge in [0, 0.05) is 22.7 Å². The number of ketones is 1. The molecule has 1 heterocycles. The monoisotopic (exact) mass is 311 g/mol. The molecule has 0 radical (unpaired) electrons. The van der Waals surface area contributed by atoms with Crippen LogP contribution in [0.3, 0.4) is 0 Å². The molecule has 1 aromatic rings. The number of aliphatic imine (C=N–C) groups is 1. The zero-order chi connectivity index (χ0) is 15.6. The lowest BCUT2D eigenvalue weighted by Crippen LogP contribution is -2.34. The third-order valence-corrected chi connectivity index (χ3v) is 5.29. The van der Waals surface area contributed by atoms with Crippen LogP contribution in [0.25, 0.3) is 5.57 Å². The standard InChI is InChI=1S/C19H18ClNO/c1-10-9-19(2,3)21-14-8-13-16(17(20)15(10)14)11-6-4-5-7-12(11)18(13)22/h4-7,9,13,15H,8H2,1-3H3. The van der Waals surface area contributed by atoms with Gasteiger partial charge in [-0.3, -0.25) is 9.79 Å². The number of benzene rings is 1. The molecule has 0 N–H and O–H groups in total. The van der Waals surface area contributed by atoms with Crippen molar-refractivity contribution in [1.82, 2.24) is 0 Å². The van der Waals surface area contributed by atoms with Crippen molar-refractivity contribution in [2.45, 2.75) is 32.7 Å². The SMILES string of the molecule is CC1=CC(C)(C)N=C2CC3C(=O)c4ccccc4C3=C(Cl)C12. The van der Waals surface area contributed by atoms with Crippen molar-refractivity contribution in [3.63, 3.8) is 0 Å². The summed E-state index contributed by atoms with van der Waals surface area (Å²) in [6, 6.07) is 7.81. The van der Waals surface area contributed by atoms with Gasteiger partial charge in [0.1, 0.15) is 0 Å². The molecule has 1 aliphatic heterocycles. The summed E-state index contributed by atoms with van der Waals surface area (Å²) < 4.78 is 0. The molecule has 0 saturated carbocycles. The van der Waals surface area contributed by atoms with Gasteiger partial charge < -0.3 is 0 Å². The first-order valence-electron chi connectivity index (χ1n) is 7.70. The smallest absolute Gasteiger partial charge is 0.171 e. The summed E-state index contributed by atoms with van der Waals surface area (Å²) in [5.41, 5.74) is 4.94. The molecule has 0 bridgehead atoms. The lowest BCUT2D eigenvalue weighted by atomic mass is 9.75. The Bertz CT molecular complexity index is 797. The highest BCUT2D eigenvalue weighted by molar-refractivity contribution is 6.38. The van der Waals surface area contributed by atoms with E-state index in [0.717, 1.165) is 27.4 Å². The molecular weight excluding hydrogens is 294 g/mol. The first-order valence-corrected chi connectivity index (χ1v) is 8.08. The van der Waals surface area contributed by atoms with E-state index in [-0.39, 0.29) is 23.2 Å². The quantitative estimate of drug-likeness (QED) is 0.641. The van der Waals surface area contributed by atoms with Crippen molar-refractivity contribution in [3.8, 4) is 0 Å². The topological polar surface area (TPSA) is 29.4 Å². The third-order valence-electron chi connectivity index (χ3n) is 4.87. The van der Waals surface area contributed by atoms with Crippen molar-refractivity contribution in [2.24, 2.45) is 16.8 Å². The number of hydrogen-bond acceptors (Lipinski definition) is 2. The molecule has 0 spiro atoms. The van der Waals surface area contributed by atoms with E-state index in [1.807, 2.05) is 24.3 Å². The number of hydrogen-bond donors (Lipinski definition) is 0. The lowest BCUT2D eigenvalue weighted by molar-refractivity contribution is 0.0959. The molecule has 2 nitrogen and oxygen atoms in total. The van der Waals surface area contributed by atoms with Crippen LogP contribution in [0.5, 0.6) is 0 Å².